The number of nitrogens with one attached hydrogen (secondary N) is 1. The maximum atomic E-state index is 12.5. The summed E-state index contributed by atoms with van der Waals surface area (Å²) in [6, 6.07) is 3.79. The second-order valence-corrected chi connectivity index (χ2v) is 7.29. The Kier molecular flexibility index (Phi) is 3.67. The van der Waals surface area contributed by atoms with E-state index in [-0.39, 0.29) is 11.9 Å². The first-order valence-electron chi connectivity index (χ1n) is 8.68. The Morgan fingerprint density at radius 2 is 2.32 bits per heavy atom. The number of aliphatic carboxylic acids is 1. The number of imidazole rings is 1. The molecule has 1 aliphatic carbocycles. The molecular formula is C18H22N4O3. The van der Waals surface area contributed by atoms with E-state index in [2.05, 4.69) is 10.3 Å². The summed E-state index contributed by atoms with van der Waals surface area (Å²) in [7, 11) is 0. The van der Waals surface area contributed by atoms with E-state index in [4.69, 9.17) is 0 Å². The normalized spacial score (nSPS) is 25.3. The fraction of sp³-hybridized carbons (Fsp3) is 0.500. The number of likely N-dealkylation sites (tertiary alicyclic amines) is 1. The zero-order valence-corrected chi connectivity index (χ0v) is 14.2. The molecular weight excluding hydrogens is 320 g/mol. The number of aryl methyl sites for hydroxylation is 1. The van der Waals surface area contributed by atoms with Gasteiger partial charge in [0.1, 0.15) is 5.65 Å². The molecule has 2 aliphatic rings. The third kappa shape index (κ3) is 2.63. The average Bonchev–Trinajstić information content (AvgIpc) is 3.23. The number of aromatic nitrogens is 2. The molecule has 3 heterocycles. The van der Waals surface area contributed by atoms with Crippen LogP contribution in [0.3, 0.4) is 0 Å². The highest BCUT2D eigenvalue weighted by Gasteiger charge is 2.55. The summed E-state index contributed by atoms with van der Waals surface area (Å²) in [6.07, 6.45) is 6.34. The summed E-state index contributed by atoms with van der Waals surface area (Å²) in [5.41, 5.74) is 2.03. The lowest BCUT2D eigenvalue weighted by atomic mass is 9.81. The highest BCUT2D eigenvalue weighted by Crippen LogP contribution is 2.48. The number of hydrogen-bond donors (Lipinski definition) is 2. The van der Waals surface area contributed by atoms with Crippen molar-refractivity contribution in [2.45, 2.75) is 32.7 Å². The lowest BCUT2D eigenvalue weighted by Crippen LogP contribution is -2.41. The molecule has 1 saturated heterocycles. The van der Waals surface area contributed by atoms with Gasteiger partial charge in [-0.2, -0.15) is 0 Å². The first kappa shape index (κ1) is 15.9. The predicted molar refractivity (Wildman–Crippen MR) is 91.1 cm³/mol. The number of carbonyl (C=O) groups excluding carboxylic acids is 1. The van der Waals surface area contributed by atoms with Crippen molar-refractivity contribution in [1.82, 2.24) is 19.6 Å². The molecule has 25 heavy (non-hydrogen) atoms. The third-order valence-corrected chi connectivity index (χ3v) is 5.67. The minimum Gasteiger partial charge on any atom is -0.481 e. The van der Waals surface area contributed by atoms with E-state index in [0.717, 1.165) is 29.7 Å². The van der Waals surface area contributed by atoms with Gasteiger partial charge >= 0.3 is 12.0 Å². The lowest BCUT2D eigenvalue weighted by molar-refractivity contribution is -0.149. The van der Waals surface area contributed by atoms with E-state index in [1.54, 1.807) is 4.90 Å². The average molecular weight is 342 g/mol. The van der Waals surface area contributed by atoms with E-state index < -0.39 is 11.4 Å². The number of carbonyl (C=O) groups is 2. The lowest BCUT2D eigenvalue weighted by Gasteiger charge is -2.23. The van der Waals surface area contributed by atoms with Crippen LogP contribution in [0.5, 0.6) is 0 Å². The summed E-state index contributed by atoms with van der Waals surface area (Å²) >= 11 is 0. The number of carboxylic acids is 1. The number of rotatable bonds is 3. The molecule has 2 fully saturated rings. The van der Waals surface area contributed by atoms with Crippen molar-refractivity contribution in [3.63, 3.8) is 0 Å². The van der Waals surface area contributed by atoms with E-state index in [0.29, 0.717) is 26.1 Å². The number of carboxylic acid groups (broad SMARTS) is 1. The summed E-state index contributed by atoms with van der Waals surface area (Å²) in [4.78, 5) is 30.3. The number of amides is 2. The monoisotopic (exact) mass is 342 g/mol. The Morgan fingerprint density at radius 1 is 1.48 bits per heavy atom. The van der Waals surface area contributed by atoms with Crippen molar-refractivity contribution < 1.29 is 14.7 Å². The molecule has 0 aromatic carbocycles. The standard InChI is InChI=1S/C18H22N4O3/c1-12-4-6-21-10-14(20-15(21)7-12)8-19-17(25)22-9-13-3-2-5-18(13,11-22)16(23)24/h4,6-7,10,13H,2-3,5,8-9,11H2,1H3,(H,19,25)(H,23,24)/t13-,18+/m0/s1. The smallest absolute Gasteiger partial charge is 0.317 e. The van der Waals surface area contributed by atoms with Crippen LogP contribution in [0.4, 0.5) is 4.79 Å². The zero-order valence-electron chi connectivity index (χ0n) is 14.2. The summed E-state index contributed by atoms with van der Waals surface area (Å²) < 4.78 is 1.92. The van der Waals surface area contributed by atoms with Crippen LogP contribution in [0.15, 0.2) is 24.5 Å². The van der Waals surface area contributed by atoms with Crippen LogP contribution < -0.4 is 5.32 Å². The van der Waals surface area contributed by atoms with Crippen LogP contribution >= 0.6 is 0 Å². The van der Waals surface area contributed by atoms with Gasteiger partial charge in [0.25, 0.3) is 0 Å². The van der Waals surface area contributed by atoms with Crippen LogP contribution in [0, 0.1) is 18.3 Å². The zero-order chi connectivity index (χ0) is 17.6. The van der Waals surface area contributed by atoms with Gasteiger partial charge < -0.3 is 19.7 Å². The van der Waals surface area contributed by atoms with Crippen molar-refractivity contribution in [2.24, 2.45) is 11.3 Å². The van der Waals surface area contributed by atoms with Crippen molar-refractivity contribution in [2.75, 3.05) is 13.1 Å². The van der Waals surface area contributed by atoms with Gasteiger partial charge in [-0.15, -0.1) is 0 Å². The van der Waals surface area contributed by atoms with E-state index in [1.807, 2.05) is 35.9 Å². The number of pyridine rings is 1. The molecule has 7 nitrogen and oxygen atoms in total. The SMILES string of the molecule is Cc1ccn2cc(CNC(=O)N3C[C@@H]4CCC[C@@]4(C(=O)O)C3)nc2c1. The Balaban J connectivity index is 1.41. The minimum atomic E-state index is -0.763. The van der Waals surface area contributed by atoms with Crippen LogP contribution in [0.1, 0.15) is 30.5 Å². The maximum Gasteiger partial charge on any atom is 0.317 e. The molecule has 132 valence electrons. The second-order valence-electron chi connectivity index (χ2n) is 7.29. The quantitative estimate of drug-likeness (QED) is 0.894. The van der Waals surface area contributed by atoms with Gasteiger partial charge in [0.15, 0.2) is 0 Å². The van der Waals surface area contributed by atoms with Gasteiger partial charge in [0.05, 0.1) is 17.7 Å². The van der Waals surface area contributed by atoms with Crippen molar-refractivity contribution in [1.29, 1.82) is 0 Å². The molecule has 7 heteroatoms. The number of hydrogen-bond acceptors (Lipinski definition) is 3. The molecule has 1 aliphatic heterocycles. The molecule has 2 aromatic rings. The Morgan fingerprint density at radius 3 is 3.08 bits per heavy atom. The Hall–Kier alpha value is -2.57. The topological polar surface area (TPSA) is 86.9 Å². The maximum absolute atomic E-state index is 12.5. The van der Waals surface area contributed by atoms with Gasteiger partial charge in [0.2, 0.25) is 0 Å². The Labute approximate surface area is 145 Å². The van der Waals surface area contributed by atoms with Crippen LogP contribution in [-0.4, -0.2) is 44.5 Å². The molecule has 1 saturated carbocycles. The van der Waals surface area contributed by atoms with Gasteiger partial charge in [-0.05, 0) is 43.4 Å². The molecule has 0 bridgehead atoms. The van der Waals surface area contributed by atoms with Gasteiger partial charge in [-0.25, -0.2) is 9.78 Å². The first-order valence-corrected chi connectivity index (χ1v) is 8.68. The van der Waals surface area contributed by atoms with E-state index in [9.17, 15) is 14.7 Å². The third-order valence-electron chi connectivity index (χ3n) is 5.67. The number of urea groups is 1. The molecule has 0 spiro atoms. The van der Waals surface area contributed by atoms with E-state index in [1.165, 1.54) is 0 Å². The van der Waals surface area contributed by atoms with Gasteiger partial charge in [0, 0.05) is 25.5 Å². The fourth-order valence-corrected chi connectivity index (χ4v) is 4.29. The molecule has 0 radical (unpaired) electrons. The summed E-state index contributed by atoms with van der Waals surface area (Å²) in [6.45, 7) is 3.19. The summed E-state index contributed by atoms with van der Waals surface area (Å²) in [5, 5.41) is 12.5. The molecule has 2 amide bonds. The van der Waals surface area contributed by atoms with Gasteiger partial charge in [-0.1, -0.05) is 6.42 Å². The van der Waals surface area contributed by atoms with Crippen LogP contribution in [0.25, 0.3) is 5.65 Å². The van der Waals surface area contributed by atoms with E-state index >= 15 is 0 Å². The molecule has 2 atom stereocenters. The second kappa shape index (κ2) is 5.75. The fourth-order valence-electron chi connectivity index (χ4n) is 4.29. The van der Waals surface area contributed by atoms with Crippen molar-refractivity contribution in [3.05, 3.63) is 35.8 Å². The van der Waals surface area contributed by atoms with Crippen molar-refractivity contribution >= 4 is 17.6 Å². The van der Waals surface area contributed by atoms with Crippen LogP contribution in [0.2, 0.25) is 0 Å². The van der Waals surface area contributed by atoms with Gasteiger partial charge in [-0.3, -0.25) is 4.79 Å². The minimum absolute atomic E-state index is 0.0777. The van der Waals surface area contributed by atoms with Crippen molar-refractivity contribution in [3.8, 4) is 0 Å². The number of fused-ring (bicyclic) bond motifs is 2. The molecule has 0 unspecified atom stereocenters. The van der Waals surface area contributed by atoms with Crippen LogP contribution in [-0.2, 0) is 11.3 Å². The largest absolute Gasteiger partial charge is 0.481 e. The predicted octanol–water partition coefficient (Wildman–Crippen LogP) is 2.04. The summed E-state index contributed by atoms with van der Waals surface area (Å²) in [5.74, 6) is -0.685. The molecule has 4 rings (SSSR count). The highest BCUT2D eigenvalue weighted by atomic mass is 16.4. The number of nitrogens with zero attached hydrogens (tertiary/aromatic N) is 3. The molecule has 2 N–H and O–H groups in total. The first-order chi connectivity index (χ1) is 12.0. The Bertz CT molecular complexity index is 846. The highest BCUT2D eigenvalue weighted by molar-refractivity contribution is 5.80. The molecule has 2 aromatic heterocycles.